The summed E-state index contributed by atoms with van der Waals surface area (Å²) in [6.07, 6.45) is 2.50. The van der Waals surface area contributed by atoms with Gasteiger partial charge in [0.05, 0.1) is 13.2 Å². The first-order chi connectivity index (χ1) is 49.2. The second-order valence-electron chi connectivity index (χ2n) is 22.6. The standard InChI is InChI=1S/C38H39N5O7.C29H31NO6.C10H11N3O2/c39-42-41-33-21-19-29(20-22-33)17-10-18-36(45)43(50-28-32-15-8-3-9-16-32)25-35(44)40-34(38(47)49-27-31-13-6-2-7-14-31)23-24-37(46)48-26-30-11-4-1-5-12-30;31-27(18-19-34-20-23-10-4-1-5-11-23)30-26(29(33)36-22-25-14-8-3-9-15-25)16-17-28(32)35-21-24-12-6-2-7-13-24;11-13-12-9-6-4-8(5-7-9)2-1-3-10(14)15/h1-9,11-16,19-22,34H,10,17-18,23-28H2,(H,40,44);1-15,26H,16-22H2,(H,30,31);4-7H,1-3H2,(H,14,15)/t34-;26-;/m00./s1. The summed E-state index contributed by atoms with van der Waals surface area (Å²) < 4.78 is 27.1. The van der Waals surface area contributed by atoms with Crippen LogP contribution in [0.25, 0.3) is 20.9 Å². The predicted molar refractivity (Wildman–Crippen MR) is 375 cm³/mol. The number of hydroxylamine groups is 2. The number of nitrogens with one attached hydrogen (secondary N) is 2. The summed E-state index contributed by atoms with van der Waals surface area (Å²) in [5.74, 6) is -4.56. The van der Waals surface area contributed by atoms with Gasteiger partial charge in [-0.1, -0.05) is 241 Å². The molecule has 0 aliphatic rings. The monoisotopic (exact) mass is 1370 g/mol. The van der Waals surface area contributed by atoms with Gasteiger partial charge in [-0.3, -0.25) is 33.6 Å². The fourth-order valence-electron chi connectivity index (χ4n) is 9.37. The van der Waals surface area contributed by atoms with Crippen LogP contribution in [-0.2, 0) is 119 Å². The van der Waals surface area contributed by atoms with Crippen molar-refractivity contribution in [2.75, 3.05) is 13.2 Å². The smallest absolute Gasteiger partial charge is 0.328 e. The second kappa shape index (κ2) is 46.3. The van der Waals surface area contributed by atoms with E-state index in [1.165, 1.54) is 0 Å². The molecule has 0 unspecified atom stereocenters. The van der Waals surface area contributed by atoms with Crippen LogP contribution in [0.3, 0.4) is 0 Å². The molecule has 0 bridgehead atoms. The Morgan fingerprint density at radius 1 is 0.396 bits per heavy atom. The van der Waals surface area contributed by atoms with Crippen LogP contribution >= 0.6 is 0 Å². The third kappa shape index (κ3) is 33.2. The Hall–Kier alpha value is -11.9. The van der Waals surface area contributed by atoms with Gasteiger partial charge in [-0.05, 0) is 94.1 Å². The number of amides is 3. The zero-order valence-electron chi connectivity index (χ0n) is 55.8. The Labute approximate surface area is 585 Å². The predicted octanol–water partition coefficient (Wildman–Crippen LogP) is 14.0. The highest BCUT2D eigenvalue weighted by Gasteiger charge is 2.28. The zero-order valence-corrected chi connectivity index (χ0v) is 55.8. The summed E-state index contributed by atoms with van der Waals surface area (Å²) in [6, 6.07) is 67.6. The molecule has 0 heterocycles. The molecule has 0 aromatic heterocycles. The first-order valence-corrected chi connectivity index (χ1v) is 32.7. The topological polar surface area (TPSA) is 337 Å². The maximum Gasteiger partial charge on any atom is 0.328 e. The number of aliphatic carboxylic acids is 1. The van der Waals surface area contributed by atoms with Crippen molar-refractivity contribution in [2.45, 2.75) is 122 Å². The summed E-state index contributed by atoms with van der Waals surface area (Å²) in [5.41, 5.74) is 24.9. The lowest BCUT2D eigenvalue weighted by Gasteiger charge is -2.23. The average molecular weight is 1370 g/mol. The van der Waals surface area contributed by atoms with Crippen molar-refractivity contribution >= 4 is 58.9 Å². The van der Waals surface area contributed by atoms with Gasteiger partial charge in [0.1, 0.15) is 51.7 Å². The number of azide groups is 2. The quantitative estimate of drug-likeness (QED) is 0.00616. The molecule has 8 aromatic carbocycles. The van der Waals surface area contributed by atoms with E-state index in [-0.39, 0.29) is 90.5 Å². The Balaban J connectivity index is 0.000000272. The Morgan fingerprint density at radius 3 is 1.12 bits per heavy atom. The van der Waals surface area contributed by atoms with Crippen LogP contribution in [0.5, 0.6) is 0 Å². The van der Waals surface area contributed by atoms with E-state index >= 15 is 0 Å². The number of aryl methyl sites for hydroxylation is 2. The molecule has 3 N–H and O–H groups in total. The van der Waals surface area contributed by atoms with Gasteiger partial charge in [-0.2, -0.15) is 0 Å². The molecule has 2 atom stereocenters. The van der Waals surface area contributed by atoms with E-state index in [9.17, 15) is 38.4 Å². The number of nitrogens with zero attached hydrogens (tertiary/aromatic N) is 7. The number of carboxylic acid groups (broad SMARTS) is 1. The Bertz CT molecular complexity index is 3910. The first-order valence-electron chi connectivity index (χ1n) is 32.7. The van der Waals surface area contributed by atoms with Gasteiger partial charge >= 0.3 is 29.8 Å². The highest BCUT2D eigenvalue weighted by atomic mass is 16.7. The fraction of sp³-hybridized carbons (Fsp3) is 0.273. The lowest BCUT2D eigenvalue weighted by molar-refractivity contribution is -0.193. The highest BCUT2D eigenvalue weighted by molar-refractivity contribution is 5.88. The number of carbonyl (C=O) groups excluding carboxylic acids is 7. The van der Waals surface area contributed by atoms with Crippen molar-refractivity contribution < 1.29 is 72.0 Å². The molecular weight excluding hydrogens is 1290 g/mol. The zero-order chi connectivity index (χ0) is 71.9. The molecule has 0 fully saturated rings. The Morgan fingerprint density at radius 2 is 0.743 bits per heavy atom. The number of hydrogen-bond donors (Lipinski definition) is 3. The molecule has 0 spiro atoms. The van der Waals surface area contributed by atoms with Crippen LogP contribution in [0.2, 0.25) is 0 Å². The summed E-state index contributed by atoms with van der Waals surface area (Å²) in [6.45, 7) is 0.410. The lowest BCUT2D eigenvalue weighted by atomic mass is 10.1. The van der Waals surface area contributed by atoms with Crippen LogP contribution in [0.4, 0.5) is 11.4 Å². The molecule has 24 heteroatoms. The minimum atomic E-state index is -1.19. The molecule has 524 valence electrons. The van der Waals surface area contributed by atoms with E-state index in [0.717, 1.165) is 56.0 Å². The maximum absolute atomic E-state index is 13.4. The second-order valence-corrected chi connectivity index (χ2v) is 22.6. The third-order valence-corrected chi connectivity index (χ3v) is 14.7. The van der Waals surface area contributed by atoms with Gasteiger partial charge in [-0.25, -0.2) is 14.7 Å². The van der Waals surface area contributed by atoms with Crippen LogP contribution in [0.15, 0.2) is 241 Å². The van der Waals surface area contributed by atoms with E-state index in [0.29, 0.717) is 37.2 Å². The normalized spacial score (nSPS) is 10.9. The maximum atomic E-state index is 13.4. The molecule has 24 nitrogen and oxygen atoms in total. The lowest BCUT2D eigenvalue weighted by Crippen LogP contribution is -2.47. The molecule has 0 aliphatic carbocycles. The molecule has 0 radical (unpaired) electrons. The highest BCUT2D eigenvalue weighted by Crippen LogP contribution is 2.18. The summed E-state index contributed by atoms with van der Waals surface area (Å²) in [7, 11) is 0. The number of carboxylic acids is 1. The molecule has 0 saturated heterocycles. The molecular formula is C77H81N9O15. The van der Waals surface area contributed by atoms with E-state index in [4.69, 9.17) is 44.7 Å². The number of carbonyl (C=O) groups is 8. The first kappa shape index (κ1) is 78.1. The van der Waals surface area contributed by atoms with Gasteiger partial charge in [0.2, 0.25) is 17.7 Å². The van der Waals surface area contributed by atoms with Gasteiger partial charge in [0.25, 0.3) is 0 Å². The van der Waals surface area contributed by atoms with Crippen LogP contribution < -0.4 is 10.6 Å². The largest absolute Gasteiger partial charge is 0.481 e. The minimum Gasteiger partial charge on any atom is -0.481 e. The summed E-state index contributed by atoms with van der Waals surface area (Å²) in [4.78, 5) is 111. The van der Waals surface area contributed by atoms with Gasteiger partial charge < -0.3 is 39.4 Å². The molecule has 8 aromatic rings. The fourth-order valence-corrected chi connectivity index (χ4v) is 9.37. The van der Waals surface area contributed by atoms with Crippen LogP contribution in [0, 0.1) is 0 Å². The van der Waals surface area contributed by atoms with Gasteiger partial charge in [0.15, 0.2) is 0 Å². The Kier molecular flexibility index (Phi) is 35.8. The van der Waals surface area contributed by atoms with E-state index < -0.39 is 60.3 Å². The van der Waals surface area contributed by atoms with E-state index in [2.05, 4.69) is 30.7 Å². The summed E-state index contributed by atoms with van der Waals surface area (Å²) >= 11 is 0. The van der Waals surface area contributed by atoms with Crippen LogP contribution in [-0.4, -0.2) is 83.0 Å². The summed E-state index contributed by atoms with van der Waals surface area (Å²) in [5, 5.41) is 21.8. The SMILES string of the molecule is O=C(CCOCc1ccccc1)N[C@@H](CCC(=O)OCc1ccccc1)C(=O)OCc1ccccc1.[N-]=[N+]=Nc1ccc(CCCC(=O)N(CC(=O)N[C@@H](CCC(=O)OCc2ccccc2)C(=O)OCc2ccccc2)OCc2ccccc2)cc1.[N-]=[N+]=Nc1ccc(CCCC(=O)O)cc1. The third-order valence-electron chi connectivity index (χ3n) is 14.7. The number of esters is 4. The van der Waals surface area contributed by atoms with Crippen LogP contribution in [0.1, 0.15) is 102 Å². The van der Waals surface area contributed by atoms with Crippen molar-refractivity contribution in [3.63, 3.8) is 0 Å². The number of ether oxygens (including phenoxy) is 5. The van der Waals surface area contributed by atoms with Crippen molar-refractivity contribution in [3.8, 4) is 0 Å². The van der Waals surface area contributed by atoms with E-state index in [1.807, 2.05) is 194 Å². The molecule has 0 aliphatic heterocycles. The van der Waals surface area contributed by atoms with Crippen molar-refractivity contribution in [1.82, 2.24) is 15.7 Å². The van der Waals surface area contributed by atoms with Crippen molar-refractivity contribution in [3.05, 3.63) is 296 Å². The number of rotatable bonds is 38. The molecule has 0 saturated carbocycles. The molecule has 3 amide bonds. The van der Waals surface area contributed by atoms with Gasteiger partial charge in [-0.15, -0.1) is 0 Å². The van der Waals surface area contributed by atoms with Gasteiger partial charge in [0, 0.05) is 53.3 Å². The van der Waals surface area contributed by atoms with Crippen molar-refractivity contribution in [1.29, 1.82) is 0 Å². The molecule has 101 heavy (non-hydrogen) atoms. The average Bonchev–Trinajstić information content (AvgIpc) is 1.18. The molecule has 8 rings (SSSR count). The number of benzene rings is 8. The van der Waals surface area contributed by atoms with Crippen molar-refractivity contribution in [2.24, 2.45) is 10.2 Å². The minimum absolute atomic E-state index is 0.0242. The number of hydrogen-bond acceptors (Lipinski definition) is 16. The van der Waals surface area contributed by atoms with E-state index in [1.54, 1.807) is 36.4 Å².